The highest BCUT2D eigenvalue weighted by atomic mass is 79.9. The van der Waals surface area contributed by atoms with Crippen molar-refractivity contribution in [3.63, 3.8) is 0 Å². The number of carbonyl (C=O) groups excluding carboxylic acids is 2. The zero-order valence-electron chi connectivity index (χ0n) is 17.6. The number of nitrogens with one attached hydrogen (secondary N) is 1. The lowest BCUT2D eigenvalue weighted by Crippen LogP contribution is -2.71. The van der Waals surface area contributed by atoms with E-state index in [1.54, 1.807) is 0 Å². The fourth-order valence-electron chi connectivity index (χ4n) is 6.89. The largest absolute Gasteiger partial charge is 0.486 e. The SMILES string of the molecule is C[C@H]1CC[C@H]2C(C)(C)C(=O)[C@H](Br)C[C@]23Oc2c(cc(Cl)c4c2[C@@H](O)NC4=O)C[C@]13C. The lowest BCUT2D eigenvalue weighted by Gasteiger charge is -2.66. The maximum Gasteiger partial charge on any atom is 0.255 e. The molecule has 2 aliphatic heterocycles. The molecule has 2 N–H and O–H groups in total. The average Bonchev–Trinajstić information content (AvgIpc) is 2.95. The minimum absolute atomic E-state index is 0.0502. The minimum Gasteiger partial charge on any atom is -0.486 e. The number of fused-ring (bicyclic) bond motifs is 3. The molecule has 162 valence electrons. The Balaban J connectivity index is 1.76. The van der Waals surface area contributed by atoms with E-state index in [0.29, 0.717) is 34.2 Å². The molecule has 2 fully saturated rings. The predicted molar refractivity (Wildman–Crippen MR) is 117 cm³/mol. The van der Waals surface area contributed by atoms with Crippen molar-refractivity contribution in [2.24, 2.45) is 22.7 Å². The number of halogens is 2. The molecule has 0 bridgehead atoms. The smallest absolute Gasteiger partial charge is 0.255 e. The molecule has 30 heavy (non-hydrogen) atoms. The summed E-state index contributed by atoms with van der Waals surface area (Å²) in [6, 6.07) is 1.83. The second-order valence-corrected chi connectivity index (χ2v) is 11.9. The van der Waals surface area contributed by atoms with Gasteiger partial charge in [0.25, 0.3) is 5.91 Å². The van der Waals surface area contributed by atoms with Gasteiger partial charge in [0.05, 0.1) is 21.0 Å². The van der Waals surface area contributed by atoms with Crippen LogP contribution >= 0.6 is 27.5 Å². The Hall–Kier alpha value is -1.11. The first-order chi connectivity index (χ1) is 13.9. The Morgan fingerprint density at radius 3 is 2.67 bits per heavy atom. The van der Waals surface area contributed by atoms with E-state index in [0.717, 1.165) is 24.8 Å². The first-order valence-corrected chi connectivity index (χ1v) is 11.9. The monoisotopic (exact) mass is 495 g/mol. The highest BCUT2D eigenvalue weighted by molar-refractivity contribution is 9.10. The maximum absolute atomic E-state index is 13.1. The number of alkyl halides is 1. The second-order valence-electron chi connectivity index (χ2n) is 10.4. The lowest BCUT2D eigenvalue weighted by molar-refractivity contribution is -0.207. The molecule has 7 heteroatoms. The molecule has 0 aromatic heterocycles. The number of ketones is 1. The van der Waals surface area contributed by atoms with Crippen molar-refractivity contribution >= 4 is 39.2 Å². The van der Waals surface area contributed by atoms with Crippen LogP contribution < -0.4 is 10.1 Å². The Bertz CT molecular complexity index is 994. The van der Waals surface area contributed by atoms with Crippen LogP contribution in [0.15, 0.2) is 6.07 Å². The summed E-state index contributed by atoms with van der Waals surface area (Å²) in [5.74, 6) is 0.853. The molecule has 0 saturated heterocycles. The van der Waals surface area contributed by atoms with Crippen molar-refractivity contribution in [2.45, 2.75) is 70.0 Å². The Labute approximate surface area is 190 Å². The van der Waals surface area contributed by atoms with Crippen molar-refractivity contribution in [1.82, 2.24) is 5.32 Å². The number of Topliss-reactive ketones (excluding diaryl/α,β-unsaturated/α-hetero) is 1. The molecule has 2 saturated carbocycles. The summed E-state index contributed by atoms with van der Waals surface area (Å²) in [6.45, 7) is 8.63. The number of rotatable bonds is 0. The summed E-state index contributed by atoms with van der Waals surface area (Å²) in [4.78, 5) is 25.2. The van der Waals surface area contributed by atoms with Crippen LogP contribution in [-0.2, 0) is 11.2 Å². The minimum atomic E-state index is -1.14. The first kappa shape index (κ1) is 20.8. The number of hydrogen-bond acceptors (Lipinski definition) is 4. The van der Waals surface area contributed by atoms with Gasteiger partial charge in [0.1, 0.15) is 11.4 Å². The number of aliphatic hydroxyl groups excluding tert-OH is 1. The van der Waals surface area contributed by atoms with E-state index in [1.165, 1.54) is 0 Å². The maximum atomic E-state index is 13.1. The van der Waals surface area contributed by atoms with Crippen LogP contribution in [0.2, 0.25) is 5.02 Å². The highest BCUT2D eigenvalue weighted by Crippen LogP contribution is 2.66. The summed E-state index contributed by atoms with van der Waals surface area (Å²) in [6.07, 6.45) is 2.12. The van der Waals surface area contributed by atoms with Crippen LogP contribution in [0.5, 0.6) is 5.75 Å². The summed E-state index contributed by atoms with van der Waals surface area (Å²) in [5, 5.41) is 13.5. The summed E-state index contributed by atoms with van der Waals surface area (Å²) in [5.41, 5.74) is 0.354. The van der Waals surface area contributed by atoms with Gasteiger partial charge in [-0.05, 0) is 36.8 Å². The molecular weight excluding hydrogens is 470 g/mol. The molecule has 5 rings (SSSR count). The van der Waals surface area contributed by atoms with Gasteiger partial charge in [0.15, 0.2) is 12.0 Å². The van der Waals surface area contributed by atoms with Crippen LogP contribution in [0.4, 0.5) is 0 Å². The fraction of sp³-hybridized carbons (Fsp3) is 0.652. The van der Waals surface area contributed by atoms with Crippen molar-refractivity contribution in [1.29, 1.82) is 0 Å². The Morgan fingerprint density at radius 2 is 1.97 bits per heavy atom. The molecule has 0 unspecified atom stereocenters. The number of ether oxygens (including phenoxy) is 1. The molecule has 6 atom stereocenters. The third-order valence-corrected chi connectivity index (χ3v) is 9.77. The first-order valence-electron chi connectivity index (χ1n) is 10.7. The Kier molecular flexibility index (Phi) is 4.31. The zero-order chi connectivity index (χ0) is 21.8. The molecule has 1 amide bonds. The topological polar surface area (TPSA) is 75.6 Å². The van der Waals surface area contributed by atoms with E-state index in [2.05, 4.69) is 35.1 Å². The molecule has 2 aliphatic carbocycles. The molecule has 1 aromatic rings. The number of benzene rings is 1. The number of aliphatic hydroxyl groups is 1. The quantitative estimate of drug-likeness (QED) is 0.516. The van der Waals surface area contributed by atoms with Gasteiger partial charge in [0.2, 0.25) is 0 Å². The van der Waals surface area contributed by atoms with E-state index in [1.807, 2.05) is 19.9 Å². The van der Waals surface area contributed by atoms with Gasteiger partial charge >= 0.3 is 0 Å². The van der Waals surface area contributed by atoms with Gasteiger partial charge in [-0.15, -0.1) is 0 Å². The van der Waals surface area contributed by atoms with Gasteiger partial charge in [-0.25, -0.2) is 0 Å². The van der Waals surface area contributed by atoms with Crippen molar-refractivity contribution in [2.75, 3.05) is 0 Å². The highest BCUT2D eigenvalue weighted by Gasteiger charge is 2.69. The van der Waals surface area contributed by atoms with Crippen LogP contribution in [0.25, 0.3) is 0 Å². The Morgan fingerprint density at radius 1 is 1.27 bits per heavy atom. The molecule has 1 spiro atoms. The molecule has 5 nitrogen and oxygen atoms in total. The van der Waals surface area contributed by atoms with E-state index < -0.39 is 17.2 Å². The molecule has 1 aromatic carbocycles. The molecule has 0 radical (unpaired) electrons. The summed E-state index contributed by atoms with van der Waals surface area (Å²) in [7, 11) is 0. The third-order valence-electron chi connectivity index (χ3n) is 8.73. The van der Waals surface area contributed by atoms with E-state index in [4.69, 9.17) is 16.3 Å². The van der Waals surface area contributed by atoms with E-state index in [9.17, 15) is 14.7 Å². The molecule has 2 heterocycles. The van der Waals surface area contributed by atoms with Crippen molar-refractivity contribution < 1.29 is 19.4 Å². The van der Waals surface area contributed by atoms with Gasteiger partial charge < -0.3 is 15.2 Å². The molecular formula is C23H27BrClNO4. The van der Waals surface area contributed by atoms with Crippen molar-refractivity contribution in [3.05, 3.63) is 27.8 Å². The normalized spacial score (nSPS) is 41.2. The average molecular weight is 497 g/mol. The second kappa shape index (κ2) is 6.23. The van der Waals surface area contributed by atoms with Crippen LogP contribution in [0, 0.1) is 22.7 Å². The summed E-state index contributed by atoms with van der Waals surface area (Å²) < 4.78 is 6.98. The third kappa shape index (κ3) is 2.33. The van der Waals surface area contributed by atoms with Crippen LogP contribution in [0.3, 0.4) is 0 Å². The van der Waals surface area contributed by atoms with Gasteiger partial charge in [-0.1, -0.05) is 55.2 Å². The van der Waals surface area contributed by atoms with Crippen LogP contribution in [0.1, 0.15) is 74.7 Å². The van der Waals surface area contributed by atoms with Crippen molar-refractivity contribution in [3.8, 4) is 5.75 Å². The van der Waals surface area contributed by atoms with E-state index in [-0.39, 0.29) is 27.9 Å². The van der Waals surface area contributed by atoms with Crippen LogP contribution in [-0.4, -0.2) is 27.2 Å². The number of amides is 1. The van der Waals surface area contributed by atoms with Gasteiger partial charge in [-0.2, -0.15) is 0 Å². The van der Waals surface area contributed by atoms with Gasteiger partial charge in [0, 0.05) is 23.2 Å². The van der Waals surface area contributed by atoms with E-state index >= 15 is 0 Å². The fourth-order valence-corrected chi connectivity index (χ4v) is 8.28. The molecule has 4 aliphatic rings. The number of hydrogen-bond donors (Lipinski definition) is 2. The number of carbonyl (C=O) groups is 2. The summed E-state index contributed by atoms with van der Waals surface area (Å²) >= 11 is 10.1. The lowest BCUT2D eigenvalue weighted by atomic mass is 9.44. The zero-order valence-corrected chi connectivity index (χ0v) is 20.0. The predicted octanol–water partition coefficient (Wildman–Crippen LogP) is 4.56. The van der Waals surface area contributed by atoms with Gasteiger partial charge in [-0.3, -0.25) is 9.59 Å². The standard InChI is InChI=1S/C23H27BrClNO4/c1-10-5-6-14-21(2,3)18(27)12(24)9-23(14)22(10,4)8-11-7-13(25)15-16(17(11)30-23)20(29)26-19(15)28/h7,10,12,14,20,29H,5-6,8-9H2,1-4H3,(H,26,28)/t10-,12+,14-,20+,22+,23-/m0/s1.